The van der Waals surface area contributed by atoms with Gasteiger partial charge in [-0.15, -0.1) is 0 Å². The Morgan fingerprint density at radius 1 is 1.55 bits per heavy atom. The van der Waals surface area contributed by atoms with Gasteiger partial charge in [-0.2, -0.15) is 0 Å². The van der Waals surface area contributed by atoms with E-state index in [0.29, 0.717) is 25.5 Å². The Kier molecular flexibility index (Phi) is 7.16. The van der Waals surface area contributed by atoms with Gasteiger partial charge in [0.1, 0.15) is 0 Å². The van der Waals surface area contributed by atoms with Crippen LogP contribution < -0.4 is 10.6 Å². The van der Waals surface area contributed by atoms with Crippen LogP contribution in [0.4, 0.5) is 0 Å². The van der Waals surface area contributed by atoms with Crippen molar-refractivity contribution in [2.24, 2.45) is 5.92 Å². The molecule has 22 heavy (non-hydrogen) atoms. The lowest BCUT2D eigenvalue weighted by Gasteiger charge is -2.31. The van der Waals surface area contributed by atoms with Crippen molar-refractivity contribution in [3.05, 3.63) is 34.9 Å². The Hall–Kier alpha value is -1.10. The number of carbonyl (C=O) groups excluding carboxylic acids is 1. The van der Waals surface area contributed by atoms with Crippen LogP contribution in [0.25, 0.3) is 0 Å². The van der Waals surface area contributed by atoms with Crippen LogP contribution in [0.15, 0.2) is 24.3 Å². The number of hydrogen-bond donors (Lipinski definition) is 2. The maximum absolute atomic E-state index is 11.6. The predicted octanol–water partition coefficient (Wildman–Crippen LogP) is 2.92. The van der Waals surface area contributed by atoms with Crippen LogP contribution in [0.2, 0.25) is 5.02 Å². The third-order valence-corrected chi connectivity index (χ3v) is 4.18. The summed E-state index contributed by atoms with van der Waals surface area (Å²) in [5, 5.41) is 6.94. The second-order valence-electron chi connectivity index (χ2n) is 5.66. The second-order valence-corrected chi connectivity index (χ2v) is 6.09. The maximum Gasteiger partial charge on any atom is 0.222 e. The number of nitrogens with one attached hydrogen (secondary N) is 2. The standard InChI is InChI=1S/C17H25ClN2O2/c1-2-20-16(21)8-10-22-17(14-6-4-9-19-12-14)13-5-3-7-15(18)11-13/h3,5,7,11,14,17,19H,2,4,6,8-10,12H2,1H3,(H,20,21)/t14-,17+/m1/s1. The Morgan fingerprint density at radius 2 is 2.41 bits per heavy atom. The van der Waals surface area contributed by atoms with Crippen molar-refractivity contribution < 1.29 is 9.53 Å². The van der Waals surface area contributed by atoms with Crippen molar-refractivity contribution in [1.29, 1.82) is 0 Å². The number of benzene rings is 1. The van der Waals surface area contributed by atoms with E-state index in [-0.39, 0.29) is 12.0 Å². The van der Waals surface area contributed by atoms with Gasteiger partial charge in [0, 0.05) is 30.5 Å². The van der Waals surface area contributed by atoms with E-state index >= 15 is 0 Å². The fraction of sp³-hybridized carbons (Fsp3) is 0.588. The van der Waals surface area contributed by atoms with Crippen molar-refractivity contribution in [2.75, 3.05) is 26.2 Å². The van der Waals surface area contributed by atoms with Gasteiger partial charge in [0.2, 0.25) is 5.91 Å². The fourth-order valence-corrected chi connectivity index (χ4v) is 3.09. The third-order valence-electron chi connectivity index (χ3n) is 3.94. The van der Waals surface area contributed by atoms with Crippen molar-refractivity contribution in [3.8, 4) is 0 Å². The molecule has 1 aliphatic rings. The molecule has 1 saturated heterocycles. The minimum Gasteiger partial charge on any atom is -0.373 e. The molecule has 0 unspecified atom stereocenters. The molecule has 0 aliphatic carbocycles. The number of halogens is 1. The largest absolute Gasteiger partial charge is 0.373 e. The minimum absolute atomic E-state index is 0.0130. The molecule has 0 radical (unpaired) electrons. The highest BCUT2D eigenvalue weighted by Gasteiger charge is 2.26. The van der Waals surface area contributed by atoms with Gasteiger partial charge in [-0.25, -0.2) is 0 Å². The molecule has 1 heterocycles. The molecule has 4 nitrogen and oxygen atoms in total. The molecule has 0 spiro atoms. The molecule has 0 aromatic heterocycles. The molecule has 5 heteroatoms. The van der Waals surface area contributed by atoms with Gasteiger partial charge in [0.25, 0.3) is 0 Å². The van der Waals surface area contributed by atoms with E-state index in [1.54, 1.807) is 0 Å². The molecule has 0 saturated carbocycles. The summed E-state index contributed by atoms with van der Waals surface area (Å²) in [5.74, 6) is 0.454. The molecular formula is C17H25ClN2O2. The lowest BCUT2D eigenvalue weighted by molar-refractivity contribution is -0.123. The van der Waals surface area contributed by atoms with E-state index in [9.17, 15) is 4.79 Å². The van der Waals surface area contributed by atoms with Crippen molar-refractivity contribution in [1.82, 2.24) is 10.6 Å². The summed E-state index contributed by atoms with van der Waals surface area (Å²) in [5.41, 5.74) is 1.09. The quantitative estimate of drug-likeness (QED) is 0.811. The van der Waals surface area contributed by atoms with Crippen molar-refractivity contribution in [2.45, 2.75) is 32.3 Å². The first kappa shape index (κ1) is 17.3. The number of rotatable bonds is 7. The molecule has 1 aliphatic heterocycles. The van der Waals surface area contributed by atoms with Gasteiger partial charge in [0.05, 0.1) is 12.7 Å². The van der Waals surface area contributed by atoms with E-state index in [0.717, 1.165) is 36.5 Å². The number of carbonyl (C=O) groups is 1. The van der Waals surface area contributed by atoms with E-state index in [1.807, 2.05) is 25.1 Å². The number of hydrogen-bond acceptors (Lipinski definition) is 3. The van der Waals surface area contributed by atoms with E-state index in [4.69, 9.17) is 16.3 Å². The van der Waals surface area contributed by atoms with Crippen LogP contribution in [-0.2, 0) is 9.53 Å². The summed E-state index contributed by atoms with van der Waals surface area (Å²) in [6, 6.07) is 7.84. The summed E-state index contributed by atoms with van der Waals surface area (Å²) in [4.78, 5) is 11.6. The van der Waals surface area contributed by atoms with Crippen LogP contribution in [0.5, 0.6) is 0 Å². The Bertz CT molecular complexity index is 475. The van der Waals surface area contributed by atoms with Crippen molar-refractivity contribution in [3.63, 3.8) is 0 Å². The summed E-state index contributed by atoms with van der Waals surface area (Å²) in [6.45, 7) is 5.01. The Balaban J connectivity index is 2.00. The minimum atomic E-state index is -0.0130. The van der Waals surface area contributed by atoms with Crippen LogP contribution in [0.1, 0.15) is 37.9 Å². The zero-order valence-electron chi connectivity index (χ0n) is 13.1. The monoisotopic (exact) mass is 324 g/mol. The van der Waals surface area contributed by atoms with Crippen LogP contribution in [-0.4, -0.2) is 32.1 Å². The maximum atomic E-state index is 11.6. The number of piperidine rings is 1. The highest BCUT2D eigenvalue weighted by Crippen LogP contribution is 2.32. The van der Waals surface area contributed by atoms with Gasteiger partial charge in [-0.05, 0) is 44.0 Å². The summed E-state index contributed by atoms with van der Waals surface area (Å²) < 4.78 is 6.08. The lowest BCUT2D eigenvalue weighted by atomic mass is 9.89. The average Bonchev–Trinajstić information content (AvgIpc) is 2.53. The summed E-state index contributed by atoms with van der Waals surface area (Å²) >= 11 is 6.12. The van der Waals surface area contributed by atoms with Gasteiger partial charge < -0.3 is 15.4 Å². The third kappa shape index (κ3) is 5.27. The Morgan fingerprint density at radius 3 is 3.09 bits per heavy atom. The SMILES string of the molecule is CCNC(=O)CCO[C@@H](c1cccc(Cl)c1)[C@@H]1CCCNC1. The molecule has 1 amide bonds. The normalized spacial score (nSPS) is 19.6. The first-order valence-corrected chi connectivity index (χ1v) is 8.43. The van der Waals surface area contributed by atoms with E-state index in [2.05, 4.69) is 16.7 Å². The number of amides is 1. The van der Waals surface area contributed by atoms with Gasteiger partial charge >= 0.3 is 0 Å². The van der Waals surface area contributed by atoms with Crippen LogP contribution in [0, 0.1) is 5.92 Å². The molecule has 1 aromatic carbocycles. The molecule has 2 N–H and O–H groups in total. The highest BCUT2D eigenvalue weighted by atomic mass is 35.5. The topological polar surface area (TPSA) is 50.4 Å². The average molecular weight is 325 g/mol. The first-order chi connectivity index (χ1) is 10.7. The van der Waals surface area contributed by atoms with Gasteiger partial charge in [-0.1, -0.05) is 23.7 Å². The first-order valence-electron chi connectivity index (χ1n) is 8.05. The fourth-order valence-electron chi connectivity index (χ4n) is 2.89. The second kappa shape index (κ2) is 9.13. The zero-order chi connectivity index (χ0) is 15.8. The molecule has 2 rings (SSSR count). The predicted molar refractivity (Wildman–Crippen MR) is 89.0 cm³/mol. The van der Waals surface area contributed by atoms with Gasteiger partial charge in [0.15, 0.2) is 0 Å². The van der Waals surface area contributed by atoms with E-state index in [1.165, 1.54) is 0 Å². The van der Waals surface area contributed by atoms with Crippen molar-refractivity contribution >= 4 is 17.5 Å². The van der Waals surface area contributed by atoms with Crippen LogP contribution in [0.3, 0.4) is 0 Å². The lowest BCUT2D eigenvalue weighted by Crippen LogP contribution is -2.34. The zero-order valence-corrected chi connectivity index (χ0v) is 13.9. The van der Waals surface area contributed by atoms with Crippen LogP contribution >= 0.6 is 11.6 Å². The summed E-state index contributed by atoms with van der Waals surface area (Å²) in [6.07, 6.45) is 2.67. The molecule has 2 atom stereocenters. The molecule has 122 valence electrons. The molecule has 1 fully saturated rings. The smallest absolute Gasteiger partial charge is 0.222 e. The molecule has 0 bridgehead atoms. The Labute approximate surface area is 137 Å². The molecule has 1 aromatic rings. The highest BCUT2D eigenvalue weighted by molar-refractivity contribution is 6.30. The van der Waals surface area contributed by atoms with Gasteiger partial charge in [-0.3, -0.25) is 4.79 Å². The van der Waals surface area contributed by atoms with E-state index < -0.39 is 0 Å². The molecular weight excluding hydrogens is 300 g/mol. The summed E-state index contributed by atoms with van der Waals surface area (Å²) in [7, 11) is 0. The number of ether oxygens (including phenoxy) is 1.